The lowest BCUT2D eigenvalue weighted by Gasteiger charge is -1.93. The summed E-state index contributed by atoms with van der Waals surface area (Å²) in [5.74, 6) is 0. The Hall–Kier alpha value is -0.603. The molecule has 0 aliphatic carbocycles. The van der Waals surface area contributed by atoms with Crippen LogP contribution in [-0.2, 0) is 0 Å². The molecule has 0 atom stereocenters. The summed E-state index contributed by atoms with van der Waals surface area (Å²) in [6, 6.07) is 10.5. The lowest BCUT2D eigenvalue weighted by atomic mass is 10.4. The van der Waals surface area contributed by atoms with Crippen LogP contribution in [0.5, 0.6) is 0 Å². The maximum absolute atomic E-state index is 5.42. The van der Waals surface area contributed by atoms with Crippen molar-refractivity contribution in [2.75, 3.05) is 6.17 Å². The first-order valence-electron chi connectivity index (χ1n) is 3.17. The minimum absolute atomic E-state index is 0. The van der Waals surface area contributed by atoms with Crippen LogP contribution >= 0.6 is 0 Å². The second-order valence-electron chi connectivity index (χ2n) is 2.02. The Labute approximate surface area is 59.2 Å². The molecule has 0 aliphatic heterocycles. The van der Waals surface area contributed by atoms with Crippen molar-refractivity contribution in [3.63, 3.8) is 0 Å². The normalized spacial score (nSPS) is 10.8. The second kappa shape index (κ2) is 3.43. The lowest BCUT2D eigenvalue weighted by Crippen LogP contribution is -2.22. The Morgan fingerprint density at radius 2 is 2.00 bits per heavy atom. The summed E-state index contributed by atoms with van der Waals surface area (Å²) in [6.45, 7) is 0. The summed E-state index contributed by atoms with van der Waals surface area (Å²) < 4.78 is 0. The van der Waals surface area contributed by atoms with E-state index in [1.54, 1.807) is 0 Å². The molecule has 0 saturated carbocycles. The van der Waals surface area contributed by atoms with Crippen molar-refractivity contribution in [2.24, 2.45) is 5.73 Å². The van der Waals surface area contributed by atoms with Crippen molar-refractivity contribution in [3.05, 3.63) is 30.3 Å². The molecule has 0 amide bonds. The zero-order valence-electron chi connectivity index (χ0n) is 6.38. The molecule has 0 radical (unpaired) electrons. The molecule has 0 heterocycles. The van der Waals surface area contributed by atoms with Crippen LogP contribution in [0, 0.1) is 0 Å². The van der Waals surface area contributed by atoms with Gasteiger partial charge in [0.2, 0.25) is 0 Å². The molecular weight excluding hydrogens is 126 g/mol. The van der Waals surface area contributed by atoms with E-state index in [9.17, 15) is 0 Å². The number of rotatable bonds is 2. The van der Waals surface area contributed by atoms with E-state index in [-0.39, 0.29) is 10.9 Å². The van der Waals surface area contributed by atoms with Crippen LogP contribution in [-0.4, -0.2) is 15.7 Å². The van der Waals surface area contributed by atoms with Gasteiger partial charge in [0.1, 0.15) is 0 Å². The maximum Gasteiger partial charge on any atom is 1.00 e. The molecule has 2 heteroatoms. The fourth-order valence-electron chi connectivity index (χ4n) is 0.811. The quantitative estimate of drug-likeness (QED) is 0.548. The van der Waals surface area contributed by atoms with Gasteiger partial charge in [0.05, 0.1) is 9.52 Å². The molecule has 2 N–H and O–H groups in total. The number of benzene rings is 1. The summed E-state index contributed by atoms with van der Waals surface area (Å²) in [7, 11) is -0.123. The second-order valence-corrected chi connectivity index (χ2v) is 3.92. The zero-order chi connectivity index (χ0) is 6.53. The van der Waals surface area contributed by atoms with Gasteiger partial charge in [0.25, 0.3) is 0 Å². The van der Waals surface area contributed by atoms with Gasteiger partial charge in [-0.05, 0) is 6.17 Å². The van der Waals surface area contributed by atoms with Crippen LogP contribution in [0.3, 0.4) is 0 Å². The third-order valence-corrected chi connectivity index (χ3v) is 2.61. The number of nitrogens with two attached hydrogens (primary N) is 1. The van der Waals surface area contributed by atoms with Gasteiger partial charge >= 0.3 is 1.43 Å². The monoisotopic (exact) mass is 138 g/mol. The van der Waals surface area contributed by atoms with Crippen molar-refractivity contribution in [2.45, 2.75) is 0 Å². The first-order chi connectivity index (χ1) is 4.43. The van der Waals surface area contributed by atoms with Crippen molar-refractivity contribution in [1.29, 1.82) is 0 Å². The predicted molar refractivity (Wildman–Crippen MR) is 44.8 cm³/mol. The summed E-state index contributed by atoms with van der Waals surface area (Å²) >= 11 is 0. The molecule has 0 spiro atoms. The molecule has 9 heavy (non-hydrogen) atoms. The highest BCUT2D eigenvalue weighted by Gasteiger charge is 1.85. The molecule has 1 rings (SSSR count). The van der Waals surface area contributed by atoms with Crippen LogP contribution in [0.2, 0.25) is 0 Å². The molecular formula is C7H12NSi+. The molecule has 0 aromatic heterocycles. The molecule has 1 aromatic carbocycles. The highest BCUT2D eigenvalue weighted by Crippen LogP contribution is 1.79. The Bertz CT molecular complexity index is 167. The predicted octanol–water partition coefficient (Wildman–Crippen LogP) is -0.491. The van der Waals surface area contributed by atoms with Gasteiger partial charge in [-0.15, -0.1) is 0 Å². The van der Waals surface area contributed by atoms with E-state index in [1.807, 2.05) is 6.07 Å². The molecule has 0 aliphatic rings. The van der Waals surface area contributed by atoms with Crippen LogP contribution in [0.4, 0.5) is 0 Å². The van der Waals surface area contributed by atoms with Gasteiger partial charge in [-0.2, -0.15) is 0 Å². The summed E-state index contributed by atoms with van der Waals surface area (Å²) in [4.78, 5) is 0. The van der Waals surface area contributed by atoms with E-state index in [0.29, 0.717) is 0 Å². The lowest BCUT2D eigenvalue weighted by molar-refractivity contribution is 1.37. The van der Waals surface area contributed by atoms with Gasteiger partial charge in [0, 0.05) is 0 Å². The summed E-state index contributed by atoms with van der Waals surface area (Å²) in [6.07, 6.45) is 0.879. The molecule has 0 unspecified atom stereocenters. The van der Waals surface area contributed by atoms with Gasteiger partial charge in [-0.1, -0.05) is 35.5 Å². The fraction of sp³-hybridized carbons (Fsp3) is 0.143. The summed E-state index contributed by atoms with van der Waals surface area (Å²) in [5, 5.41) is 1.46. The van der Waals surface area contributed by atoms with E-state index in [1.165, 1.54) is 5.19 Å². The average Bonchev–Trinajstić information content (AvgIpc) is 1.91. The highest BCUT2D eigenvalue weighted by molar-refractivity contribution is 6.53. The molecule has 48 valence electrons. The van der Waals surface area contributed by atoms with Gasteiger partial charge in [-0.25, -0.2) is 0 Å². The molecule has 1 aromatic rings. The van der Waals surface area contributed by atoms with E-state index >= 15 is 0 Å². The molecule has 0 bridgehead atoms. The van der Waals surface area contributed by atoms with Gasteiger partial charge in [0.15, 0.2) is 0 Å². The van der Waals surface area contributed by atoms with Crippen molar-refractivity contribution in [1.82, 2.24) is 0 Å². The largest absolute Gasteiger partial charge is 1.00 e. The Kier molecular flexibility index (Phi) is 2.48. The van der Waals surface area contributed by atoms with E-state index in [2.05, 4.69) is 24.3 Å². The third kappa shape index (κ3) is 1.99. The Morgan fingerprint density at radius 1 is 1.33 bits per heavy atom. The van der Waals surface area contributed by atoms with Crippen LogP contribution in [0.25, 0.3) is 0 Å². The first kappa shape index (κ1) is 6.52. The number of hydrogen-bond acceptors (Lipinski definition) is 1. The van der Waals surface area contributed by atoms with Crippen LogP contribution < -0.4 is 10.9 Å². The van der Waals surface area contributed by atoms with E-state index in [4.69, 9.17) is 5.73 Å². The fourth-order valence-corrected chi connectivity index (χ4v) is 1.75. The van der Waals surface area contributed by atoms with E-state index < -0.39 is 0 Å². The SMILES string of the molecule is NC[SiH2]c1ccccc1.[H+]. The standard InChI is InChI=1S/C7H11NSi/c8-6-9-7-4-2-1-3-5-7/h1-5H,6,8-9H2/p+1. The Balaban J connectivity index is 0.000000810. The smallest absolute Gasteiger partial charge is 0.333 e. The summed E-state index contributed by atoms with van der Waals surface area (Å²) in [5.41, 5.74) is 5.42. The molecule has 1 nitrogen and oxygen atoms in total. The van der Waals surface area contributed by atoms with Crippen molar-refractivity contribution in [3.8, 4) is 0 Å². The zero-order valence-corrected chi connectivity index (χ0v) is 6.79. The topological polar surface area (TPSA) is 26.0 Å². The molecule has 0 fully saturated rings. The molecule has 0 saturated heterocycles. The minimum Gasteiger partial charge on any atom is -0.333 e. The maximum atomic E-state index is 5.42. The number of hydrogen-bond donors (Lipinski definition) is 1. The van der Waals surface area contributed by atoms with Gasteiger partial charge in [-0.3, -0.25) is 0 Å². The highest BCUT2D eigenvalue weighted by atomic mass is 28.2. The average molecular weight is 138 g/mol. The van der Waals surface area contributed by atoms with Crippen LogP contribution in [0.1, 0.15) is 1.43 Å². The van der Waals surface area contributed by atoms with E-state index in [0.717, 1.165) is 6.17 Å². The van der Waals surface area contributed by atoms with Gasteiger partial charge < -0.3 is 5.73 Å². The minimum atomic E-state index is -0.123. The van der Waals surface area contributed by atoms with Crippen LogP contribution in [0.15, 0.2) is 30.3 Å². The third-order valence-electron chi connectivity index (χ3n) is 1.28. The van der Waals surface area contributed by atoms with Crippen molar-refractivity contribution < 1.29 is 1.43 Å². The Morgan fingerprint density at radius 3 is 2.56 bits per heavy atom. The van der Waals surface area contributed by atoms with Crippen molar-refractivity contribution >= 4 is 14.7 Å². The first-order valence-corrected chi connectivity index (χ1v) is 4.88.